The van der Waals surface area contributed by atoms with Crippen LogP contribution in [0.5, 0.6) is 0 Å². The van der Waals surface area contributed by atoms with E-state index in [0.717, 1.165) is 13.1 Å². The highest BCUT2D eigenvalue weighted by Crippen LogP contribution is 2.40. The van der Waals surface area contributed by atoms with E-state index in [2.05, 4.69) is 37.1 Å². The van der Waals surface area contributed by atoms with Gasteiger partial charge < -0.3 is 0 Å². The molecule has 3 heteroatoms. The number of nitrogens with one attached hydrogen (secondary N) is 1. The summed E-state index contributed by atoms with van der Waals surface area (Å²) in [6.45, 7) is 8.71. The summed E-state index contributed by atoms with van der Waals surface area (Å²) in [5.41, 5.74) is -0.313. The predicted octanol–water partition coefficient (Wildman–Crippen LogP) is 2.92. The molecule has 1 heterocycles. The van der Waals surface area contributed by atoms with E-state index in [-0.39, 0.29) is 5.54 Å². The molecule has 19 heavy (non-hydrogen) atoms. The van der Waals surface area contributed by atoms with Crippen molar-refractivity contribution in [3.05, 3.63) is 0 Å². The van der Waals surface area contributed by atoms with Crippen LogP contribution in [0.1, 0.15) is 59.3 Å². The molecular formula is C16H29N3. The maximum atomic E-state index is 9.78. The first-order valence-corrected chi connectivity index (χ1v) is 8.00. The van der Waals surface area contributed by atoms with Gasteiger partial charge in [-0.25, -0.2) is 0 Å². The molecule has 0 amide bonds. The summed E-state index contributed by atoms with van der Waals surface area (Å²) in [4.78, 5) is 2.56. The lowest BCUT2D eigenvalue weighted by Crippen LogP contribution is -2.57. The van der Waals surface area contributed by atoms with Gasteiger partial charge in [0.15, 0.2) is 0 Å². The zero-order valence-corrected chi connectivity index (χ0v) is 12.8. The molecule has 0 aromatic carbocycles. The molecule has 2 unspecified atom stereocenters. The average molecular weight is 263 g/mol. The number of hydrogen-bond acceptors (Lipinski definition) is 3. The van der Waals surface area contributed by atoms with Gasteiger partial charge in [0.1, 0.15) is 5.54 Å². The van der Waals surface area contributed by atoms with Gasteiger partial charge in [0.05, 0.1) is 6.07 Å². The van der Waals surface area contributed by atoms with Crippen LogP contribution < -0.4 is 5.32 Å². The standard InChI is InChI=1S/C16H29N3/c1-13(2)18-16(11-17,15-8-9-15)12-19-10-6-4-5-7-14(19)3/h13-15,18H,4-10,12H2,1-3H3. The Balaban J connectivity index is 2.08. The highest BCUT2D eigenvalue weighted by atomic mass is 15.2. The largest absolute Gasteiger partial charge is 0.298 e. The van der Waals surface area contributed by atoms with Crippen LogP contribution in [0.4, 0.5) is 0 Å². The third kappa shape index (κ3) is 3.70. The summed E-state index contributed by atoms with van der Waals surface area (Å²) in [6.07, 6.45) is 7.71. The van der Waals surface area contributed by atoms with Gasteiger partial charge in [-0.2, -0.15) is 5.26 Å². The highest BCUT2D eigenvalue weighted by molar-refractivity contribution is 5.17. The van der Waals surface area contributed by atoms with Crippen LogP contribution in [-0.4, -0.2) is 35.6 Å². The molecular weight excluding hydrogens is 234 g/mol. The van der Waals surface area contributed by atoms with Crippen molar-refractivity contribution in [2.45, 2.75) is 76.9 Å². The normalized spacial score (nSPS) is 28.7. The Hall–Kier alpha value is -0.590. The number of nitrogens with zero attached hydrogens (tertiary/aromatic N) is 2. The van der Waals surface area contributed by atoms with Crippen LogP contribution in [0.15, 0.2) is 0 Å². The first-order chi connectivity index (χ1) is 9.07. The molecule has 1 aliphatic carbocycles. The van der Waals surface area contributed by atoms with E-state index >= 15 is 0 Å². The second kappa shape index (κ2) is 6.24. The molecule has 0 aromatic heterocycles. The Morgan fingerprint density at radius 3 is 2.58 bits per heavy atom. The molecule has 0 spiro atoms. The van der Waals surface area contributed by atoms with E-state index in [1.165, 1.54) is 38.5 Å². The van der Waals surface area contributed by atoms with Crippen molar-refractivity contribution in [1.29, 1.82) is 5.26 Å². The molecule has 0 bridgehead atoms. The Labute approximate surface area is 118 Å². The van der Waals surface area contributed by atoms with Crippen LogP contribution in [0.2, 0.25) is 0 Å². The lowest BCUT2D eigenvalue weighted by Gasteiger charge is -2.38. The SMILES string of the molecule is CC(C)NC(C#N)(CN1CCCCCC1C)C1CC1. The summed E-state index contributed by atoms with van der Waals surface area (Å²) >= 11 is 0. The molecule has 2 fully saturated rings. The quantitative estimate of drug-likeness (QED) is 0.829. The average Bonchev–Trinajstić information content (AvgIpc) is 3.18. The molecule has 1 N–H and O–H groups in total. The third-order valence-electron chi connectivity index (χ3n) is 4.66. The number of rotatable bonds is 5. The second-order valence-electron chi connectivity index (χ2n) is 6.83. The van der Waals surface area contributed by atoms with Gasteiger partial charge in [-0.1, -0.05) is 12.8 Å². The molecule has 1 saturated carbocycles. The van der Waals surface area contributed by atoms with Gasteiger partial charge in [-0.05, 0) is 58.9 Å². The molecule has 108 valence electrons. The fourth-order valence-corrected chi connectivity index (χ4v) is 3.43. The van der Waals surface area contributed by atoms with E-state index < -0.39 is 0 Å². The van der Waals surface area contributed by atoms with Crippen LogP contribution >= 0.6 is 0 Å². The van der Waals surface area contributed by atoms with Crippen LogP contribution in [0.25, 0.3) is 0 Å². The second-order valence-corrected chi connectivity index (χ2v) is 6.83. The van der Waals surface area contributed by atoms with Gasteiger partial charge in [-0.15, -0.1) is 0 Å². The first-order valence-electron chi connectivity index (χ1n) is 8.00. The van der Waals surface area contributed by atoms with E-state index in [1.807, 2.05) is 0 Å². The predicted molar refractivity (Wildman–Crippen MR) is 78.8 cm³/mol. The fraction of sp³-hybridized carbons (Fsp3) is 0.938. The summed E-state index contributed by atoms with van der Waals surface area (Å²) in [5.74, 6) is 0.565. The fourth-order valence-electron chi connectivity index (χ4n) is 3.43. The molecule has 2 atom stereocenters. The molecule has 0 radical (unpaired) electrons. The molecule has 3 nitrogen and oxygen atoms in total. The summed E-state index contributed by atoms with van der Waals surface area (Å²) in [5, 5.41) is 13.4. The van der Waals surface area contributed by atoms with Crippen LogP contribution in [0.3, 0.4) is 0 Å². The van der Waals surface area contributed by atoms with Crippen LogP contribution in [-0.2, 0) is 0 Å². The minimum atomic E-state index is -0.313. The monoisotopic (exact) mass is 263 g/mol. The Kier molecular flexibility index (Phi) is 4.86. The molecule has 0 aromatic rings. The van der Waals surface area contributed by atoms with Crippen molar-refractivity contribution in [3.63, 3.8) is 0 Å². The van der Waals surface area contributed by atoms with E-state index in [4.69, 9.17) is 0 Å². The molecule has 2 rings (SSSR count). The number of likely N-dealkylation sites (tertiary alicyclic amines) is 1. The van der Waals surface area contributed by atoms with Gasteiger partial charge in [0.25, 0.3) is 0 Å². The van der Waals surface area contributed by atoms with Crippen LogP contribution in [0, 0.1) is 17.2 Å². The van der Waals surface area contributed by atoms with E-state index in [1.54, 1.807) is 0 Å². The topological polar surface area (TPSA) is 39.1 Å². The van der Waals surface area contributed by atoms with Crippen molar-refractivity contribution in [3.8, 4) is 6.07 Å². The maximum absolute atomic E-state index is 9.78. The lowest BCUT2D eigenvalue weighted by atomic mass is 9.92. The summed E-state index contributed by atoms with van der Waals surface area (Å²) < 4.78 is 0. The third-order valence-corrected chi connectivity index (χ3v) is 4.66. The number of hydrogen-bond donors (Lipinski definition) is 1. The lowest BCUT2D eigenvalue weighted by molar-refractivity contribution is 0.150. The van der Waals surface area contributed by atoms with Crippen molar-refractivity contribution in [2.24, 2.45) is 5.92 Å². The number of nitriles is 1. The summed E-state index contributed by atoms with van der Waals surface area (Å²) in [7, 11) is 0. The van der Waals surface area contributed by atoms with Gasteiger partial charge in [-0.3, -0.25) is 10.2 Å². The molecule has 2 aliphatic rings. The van der Waals surface area contributed by atoms with Crippen molar-refractivity contribution < 1.29 is 0 Å². The highest BCUT2D eigenvalue weighted by Gasteiger charge is 2.47. The first kappa shape index (κ1) is 14.8. The van der Waals surface area contributed by atoms with Crippen molar-refractivity contribution >= 4 is 0 Å². The maximum Gasteiger partial charge on any atom is 0.122 e. The molecule has 1 saturated heterocycles. The van der Waals surface area contributed by atoms with Crippen molar-refractivity contribution in [1.82, 2.24) is 10.2 Å². The summed E-state index contributed by atoms with van der Waals surface area (Å²) in [6, 6.07) is 3.65. The van der Waals surface area contributed by atoms with E-state index in [0.29, 0.717) is 18.0 Å². The zero-order valence-electron chi connectivity index (χ0n) is 12.8. The Morgan fingerprint density at radius 2 is 2.00 bits per heavy atom. The minimum absolute atomic E-state index is 0.313. The molecule has 1 aliphatic heterocycles. The van der Waals surface area contributed by atoms with Crippen molar-refractivity contribution in [2.75, 3.05) is 13.1 Å². The zero-order chi connectivity index (χ0) is 13.9. The Morgan fingerprint density at radius 1 is 1.26 bits per heavy atom. The van der Waals surface area contributed by atoms with E-state index in [9.17, 15) is 5.26 Å². The smallest absolute Gasteiger partial charge is 0.122 e. The minimum Gasteiger partial charge on any atom is -0.298 e. The van der Waals surface area contributed by atoms with Gasteiger partial charge in [0, 0.05) is 18.6 Å². The van der Waals surface area contributed by atoms with Gasteiger partial charge in [0.2, 0.25) is 0 Å². The Bertz CT molecular complexity index is 329. The van der Waals surface area contributed by atoms with Gasteiger partial charge >= 0.3 is 0 Å².